The Bertz CT molecular complexity index is 471. The Labute approximate surface area is 116 Å². The van der Waals surface area contributed by atoms with Crippen LogP contribution in [0, 0.1) is 0 Å². The second kappa shape index (κ2) is 7.57. The molecular weight excluding hydrogens is 262 g/mol. The van der Waals surface area contributed by atoms with E-state index in [2.05, 4.69) is 10.3 Å². The predicted octanol–water partition coefficient (Wildman–Crippen LogP) is 1.61. The van der Waals surface area contributed by atoms with Crippen LogP contribution in [-0.4, -0.2) is 37.8 Å². The quantitative estimate of drug-likeness (QED) is 0.788. The van der Waals surface area contributed by atoms with Crippen LogP contribution in [0.15, 0.2) is 23.4 Å². The molecule has 0 aromatic carbocycles. The number of hydrogen-bond donors (Lipinski definition) is 1. The first-order valence-corrected chi connectivity index (χ1v) is 8.08. The van der Waals surface area contributed by atoms with E-state index >= 15 is 0 Å². The standard InChI is InChI=1S/C13H23N3O2S/c1-4-6-9-16(3)19(17,18)13-8-7-12(11-15-13)10-14-5-2/h7-8,11,14H,4-6,9-10H2,1-3H3. The van der Waals surface area contributed by atoms with Crippen LogP contribution in [-0.2, 0) is 16.6 Å². The minimum absolute atomic E-state index is 0.117. The molecule has 6 heteroatoms. The fraction of sp³-hybridized carbons (Fsp3) is 0.615. The Morgan fingerprint density at radius 1 is 1.32 bits per heavy atom. The Morgan fingerprint density at radius 2 is 2.05 bits per heavy atom. The summed E-state index contributed by atoms with van der Waals surface area (Å²) in [5, 5.41) is 3.29. The van der Waals surface area contributed by atoms with Crippen LogP contribution in [0.4, 0.5) is 0 Å². The highest BCUT2D eigenvalue weighted by molar-refractivity contribution is 7.89. The van der Waals surface area contributed by atoms with E-state index in [4.69, 9.17) is 0 Å². The molecule has 0 bridgehead atoms. The van der Waals surface area contributed by atoms with Crippen LogP contribution in [0.25, 0.3) is 0 Å². The smallest absolute Gasteiger partial charge is 0.260 e. The van der Waals surface area contributed by atoms with E-state index in [1.54, 1.807) is 25.4 Å². The summed E-state index contributed by atoms with van der Waals surface area (Å²) in [5.74, 6) is 0. The SMILES string of the molecule is CCCCN(C)S(=O)(=O)c1ccc(CNCC)cn1. The molecular formula is C13H23N3O2S. The molecule has 0 amide bonds. The monoisotopic (exact) mass is 285 g/mol. The van der Waals surface area contributed by atoms with Gasteiger partial charge in [-0.05, 0) is 24.6 Å². The fourth-order valence-electron chi connectivity index (χ4n) is 1.60. The van der Waals surface area contributed by atoms with Crippen LogP contribution in [0.2, 0.25) is 0 Å². The topological polar surface area (TPSA) is 62.3 Å². The number of unbranched alkanes of at least 4 members (excludes halogenated alkanes) is 1. The van der Waals surface area contributed by atoms with Crippen molar-refractivity contribution < 1.29 is 8.42 Å². The largest absolute Gasteiger partial charge is 0.313 e. The molecule has 1 rings (SSSR count). The first kappa shape index (κ1) is 16.1. The van der Waals surface area contributed by atoms with Gasteiger partial charge in [0, 0.05) is 26.3 Å². The summed E-state index contributed by atoms with van der Waals surface area (Å²) in [6.45, 7) is 6.16. The van der Waals surface area contributed by atoms with Gasteiger partial charge in [0.2, 0.25) is 0 Å². The lowest BCUT2D eigenvalue weighted by Gasteiger charge is -2.16. The van der Waals surface area contributed by atoms with E-state index in [1.165, 1.54) is 4.31 Å². The van der Waals surface area contributed by atoms with Crippen molar-refractivity contribution in [2.45, 2.75) is 38.3 Å². The van der Waals surface area contributed by atoms with Gasteiger partial charge in [0.25, 0.3) is 10.0 Å². The second-order valence-electron chi connectivity index (χ2n) is 4.47. The van der Waals surface area contributed by atoms with Gasteiger partial charge in [-0.2, -0.15) is 4.31 Å². The van der Waals surface area contributed by atoms with Gasteiger partial charge in [-0.1, -0.05) is 26.3 Å². The molecule has 108 valence electrons. The summed E-state index contributed by atoms with van der Waals surface area (Å²) in [6, 6.07) is 3.38. The zero-order valence-corrected chi connectivity index (χ0v) is 12.7. The highest BCUT2D eigenvalue weighted by atomic mass is 32.2. The van der Waals surface area contributed by atoms with Crippen molar-refractivity contribution in [3.8, 4) is 0 Å². The average Bonchev–Trinajstić information content (AvgIpc) is 2.42. The van der Waals surface area contributed by atoms with Crippen molar-refractivity contribution >= 4 is 10.0 Å². The zero-order valence-electron chi connectivity index (χ0n) is 11.9. The Hall–Kier alpha value is -0.980. The summed E-state index contributed by atoms with van der Waals surface area (Å²) in [4.78, 5) is 4.06. The van der Waals surface area contributed by atoms with Crippen LogP contribution in [0.3, 0.4) is 0 Å². The normalized spacial score (nSPS) is 12.0. The van der Waals surface area contributed by atoms with Crippen LogP contribution in [0.1, 0.15) is 32.3 Å². The van der Waals surface area contributed by atoms with Crippen molar-refractivity contribution in [3.05, 3.63) is 23.9 Å². The Balaban J connectivity index is 2.78. The lowest BCUT2D eigenvalue weighted by Crippen LogP contribution is -2.28. The first-order chi connectivity index (χ1) is 9.02. The first-order valence-electron chi connectivity index (χ1n) is 6.64. The lowest BCUT2D eigenvalue weighted by atomic mass is 10.3. The summed E-state index contributed by atoms with van der Waals surface area (Å²) < 4.78 is 25.8. The molecule has 0 aliphatic heterocycles. The molecule has 19 heavy (non-hydrogen) atoms. The number of pyridine rings is 1. The zero-order chi connectivity index (χ0) is 14.3. The molecule has 0 saturated heterocycles. The van der Waals surface area contributed by atoms with Gasteiger partial charge in [-0.15, -0.1) is 0 Å². The molecule has 0 radical (unpaired) electrons. The molecule has 0 spiro atoms. The van der Waals surface area contributed by atoms with Gasteiger partial charge in [0.1, 0.15) is 0 Å². The van der Waals surface area contributed by atoms with Crippen LogP contribution < -0.4 is 5.32 Å². The van der Waals surface area contributed by atoms with E-state index in [-0.39, 0.29) is 5.03 Å². The highest BCUT2D eigenvalue weighted by Crippen LogP contribution is 2.12. The van der Waals surface area contributed by atoms with Crippen molar-refractivity contribution in [2.24, 2.45) is 0 Å². The van der Waals surface area contributed by atoms with Crippen molar-refractivity contribution in [1.29, 1.82) is 0 Å². The minimum atomic E-state index is -3.45. The molecule has 0 fully saturated rings. The highest BCUT2D eigenvalue weighted by Gasteiger charge is 2.21. The van der Waals surface area contributed by atoms with E-state index < -0.39 is 10.0 Å². The Morgan fingerprint density at radius 3 is 2.58 bits per heavy atom. The third-order valence-corrected chi connectivity index (χ3v) is 4.65. The molecule has 0 unspecified atom stereocenters. The number of sulfonamides is 1. The number of hydrogen-bond acceptors (Lipinski definition) is 4. The molecule has 1 heterocycles. The second-order valence-corrected chi connectivity index (χ2v) is 6.46. The van der Waals surface area contributed by atoms with E-state index in [1.807, 2.05) is 13.8 Å². The molecule has 0 atom stereocenters. The number of nitrogens with one attached hydrogen (secondary N) is 1. The average molecular weight is 285 g/mol. The molecule has 1 aromatic heterocycles. The molecule has 1 aromatic rings. The molecule has 5 nitrogen and oxygen atoms in total. The summed E-state index contributed by atoms with van der Waals surface area (Å²) in [7, 11) is -1.85. The van der Waals surface area contributed by atoms with Gasteiger partial charge in [-0.3, -0.25) is 0 Å². The van der Waals surface area contributed by atoms with Crippen molar-refractivity contribution in [2.75, 3.05) is 20.1 Å². The third kappa shape index (κ3) is 4.56. The van der Waals surface area contributed by atoms with E-state index in [0.717, 1.165) is 24.9 Å². The number of nitrogens with zero attached hydrogens (tertiary/aromatic N) is 2. The van der Waals surface area contributed by atoms with Crippen LogP contribution >= 0.6 is 0 Å². The van der Waals surface area contributed by atoms with Gasteiger partial charge in [0.15, 0.2) is 5.03 Å². The van der Waals surface area contributed by atoms with Gasteiger partial charge in [0.05, 0.1) is 0 Å². The van der Waals surface area contributed by atoms with E-state index in [9.17, 15) is 8.42 Å². The maximum atomic E-state index is 12.2. The molecule has 0 saturated carbocycles. The van der Waals surface area contributed by atoms with Crippen LogP contribution in [0.5, 0.6) is 0 Å². The van der Waals surface area contributed by atoms with E-state index in [0.29, 0.717) is 13.1 Å². The predicted molar refractivity (Wildman–Crippen MR) is 76.3 cm³/mol. The van der Waals surface area contributed by atoms with Crippen molar-refractivity contribution in [3.63, 3.8) is 0 Å². The van der Waals surface area contributed by atoms with Gasteiger partial charge in [-0.25, -0.2) is 13.4 Å². The number of aromatic nitrogens is 1. The molecule has 0 aliphatic carbocycles. The minimum Gasteiger partial charge on any atom is -0.313 e. The fourth-order valence-corrected chi connectivity index (χ4v) is 2.71. The van der Waals surface area contributed by atoms with Gasteiger partial charge >= 0.3 is 0 Å². The molecule has 0 aliphatic rings. The summed E-state index contributed by atoms with van der Waals surface area (Å²) >= 11 is 0. The maximum absolute atomic E-state index is 12.2. The summed E-state index contributed by atoms with van der Waals surface area (Å²) in [5.41, 5.74) is 0.983. The molecule has 1 N–H and O–H groups in total. The third-order valence-electron chi connectivity index (χ3n) is 2.88. The van der Waals surface area contributed by atoms with Gasteiger partial charge < -0.3 is 5.32 Å². The Kier molecular flexibility index (Phi) is 6.41. The summed E-state index contributed by atoms with van der Waals surface area (Å²) in [6.07, 6.45) is 3.44. The maximum Gasteiger partial charge on any atom is 0.260 e. The lowest BCUT2D eigenvalue weighted by molar-refractivity contribution is 0.456. The number of rotatable bonds is 8. The van der Waals surface area contributed by atoms with Crippen molar-refractivity contribution in [1.82, 2.24) is 14.6 Å².